The van der Waals surface area contributed by atoms with Crippen molar-refractivity contribution in [3.05, 3.63) is 28.8 Å². The van der Waals surface area contributed by atoms with Gasteiger partial charge in [0.25, 0.3) is 0 Å². The Morgan fingerprint density at radius 2 is 1.71 bits per heavy atom. The molecule has 4 nitrogen and oxygen atoms in total. The lowest BCUT2D eigenvalue weighted by Gasteiger charge is -2.12. The summed E-state index contributed by atoms with van der Waals surface area (Å²) < 4.78 is 0. The van der Waals surface area contributed by atoms with E-state index < -0.39 is 11.9 Å². The Kier molecular flexibility index (Phi) is 4.52. The lowest BCUT2D eigenvalue weighted by molar-refractivity contribution is -0.117. The first kappa shape index (κ1) is 13.5. The number of imide groups is 1. The Bertz CT molecular complexity index is 435. The molecule has 17 heavy (non-hydrogen) atoms. The smallest absolute Gasteiger partial charge is 0.307 e. The number of amides is 3. The van der Waals surface area contributed by atoms with Crippen LogP contribution in [0.5, 0.6) is 0 Å². The molecule has 0 fully saturated rings. The Labute approximate surface area is 105 Å². The molecule has 1 rings (SSSR count). The van der Waals surface area contributed by atoms with E-state index in [0.717, 1.165) is 22.4 Å². The first-order chi connectivity index (χ1) is 7.93. The van der Waals surface area contributed by atoms with Crippen molar-refractivity contribution in [2.45, 2.75) is 20.8 Å². The number of carbonyl (C=O) groups is 2. The molecule has 0 aromatic heterocycles. The van der Waals surface area contributed by atoms with Gasteiger partial charge >= 0.3 is 6.03 Å². The van der Waals surface area contributed by atoms with E-state index in [1.165, 1.54) is 0 Å². The Hall–Kier alpha value is -1.55. The minimum atomic E-state index is -0.564. The van der Waals surface area contributed by atoms with Crippen LogP contribution in [0.1, 0.15) is 16.7 Å². The van der Waals surface area contributed by atoms with E-state index in [1.807, 2.05) is 32.9 Å². The largest absolute Gasteiger partial charge is 0.325 e. The lowest BCUT2D eigenvalue weighted by Crippen LogP contribution is -2.35. The molecule has 0 bridgehead atoms. The fourth-order valence-corrected chi connectivity index (χ4v) is 1.75. The molecule has 0 saturated heterocycles. The van der Waals surface area contributed by atoms with Crippen LogP contribution in [0.3, 0.4) is 0 Å². The molecule has 92 valence electrons. The van der Waals surface area contributed by atoms with Crippen molar-refractivity contribution in [2.24, 2.45) is 0 Å². The summed E-state index contributed by atoms with van der Waals surface area (Å²) in [6.07, 6.45) is 0. The zero-order chi connectivity index (χ0) is 13.0. The predicted octanol–water partition coefficient (Wildman–Crippen LogP) is 2.50. The number of nitrogens with one attached hydrogen (secondary N) is 2. The van der Waals surface area contributed by atoms with Gasteiger partial charge in [0.1, 0.15) is 5.88 Å². The van der Waals surface area contributed by atoms with Gasteiger partial charge in [-0.25, -0.2) is 4.79 Å². The summed E-state index contributed by atoms with van der Waals surface area (Å²) in [5.41, 5.74) is 3.75. The quantitative estimate of drug-likeness (QED) is 0.797. The molecule has 0 radical (unpaired) electrons. The topological polar surface area (TPSA) is 58.2 Å². The van der Waals surface area contributed by atoms with Crippen LogP contribution in [-0.4, -0.2) is 17.8 Å². The third-order valence-corrected chi connectivity index (χ3v) is 2.53. The second kappa shape index (κ2) is 5.68. The minimum absolute atomic E-state index is 0.237. The molecule has 0 spiro atoms. The van der Waals surface area contributed by atoms with Crippen LogP contribution < -0.4 is 10.6 Å². The SMILES string of the molecule is Cc1cc(C)c(NC(=O)NC(=O)CCl)c(C)c1. The van der Waals surface area contributed by atoms with Crippen LogP contribution in [0.2, 0.25) is 0 Å². The average Bonchev–Trinajstić information content (AvgIpc) is 2.23. The summed E-state index contributed by atoms with van der Waals surface area (Å²) in [6, 6.07) is 3.36. The highest BCUT2D eigenvalue weighted by Crippen LogP contribution is 2.21. The van der Waals surface area contributed by atoms with Gasteiger partial charge in [0.05, 0.1) is 0 Å². The van der Waals surface area contributed by atoms with E-state index in [1.54, 1.807) is 0 Å². The fourth-order valence-electron chi connectivity index (χ4n) is 1.68. The summed E-state index contributed by atoms with van der Waals surface area (Å²) in [7, 11) is 0. The van der Waals surface area contributed by atoms with Crippen molar-refractivity contribution in [2.75, 3.05) is 11.2 Å². The summed E-state index contributed by atoms with van der Waals surface area (Å²) in [6.45, 7) is 5.79. The third-order valence-electron chi connectivity index (χ3n) is 2.29. The van der Waals surface area contributed by atoms with E-state index in [4.69, 9.17) is 11.6 Å². The van der Waals surface area contributed by atoms with Gasteiger partial charge in [-0.1, -0.05) is 17.7 Å². The number of anilines is 1. The highest BCUT2D eigenvalue weighted by molar-refractivity contribution is 6.28. The van der Waals surface area contributed by atoms with Crippen molar-refractivity contribution in [3.8, 4) is 0 Å². The number of halogens is 1. The van der Waals surface area contributed by atoms with Crippen molar-refractivity contribution in [1.82, 2.24) is 5.32 Å². The van der Waals surface area contributed by atoms with Gasteiger partial charge in [-0.3, -0.25) is 10.1 Å². The summed E-state index contributed by atoms with van der Waals surface area (Å²) in [5.74, 6) is -0.759. The molecule has 0 unspecified atom stereocenters. The fraction of sp³-hybridized carbons (Fsp3) is 0.333. The zero-order valence-electron chi connectivity index (χ0n) is 10.1. The number of rotatable bonds is 2. The van der Waals surface area contributed by atoms with E-state index in [0.29, 0.717) is 0 Å². The first-order valence-electron chi connectivity index (χ1n) is 5.18. The van der Waals surface area contributed by atoms with E-state index in [-0.39, 0.29) is 5.88 Å². The van der Waals surface area contributed by atoms with Crippen LogP contribution >= 0.6 is 11.6 Å². The number of urea groups is 1. The number of hydrogen-bond acceptors (Lipinski definition) is 2. The zero-order valence-corrected chi connectivity index (χ0v) is 10.8. The molecule has 0 aliphatic rings. The maximum atomic E-state index is 11.5. The number of benzene rings is 1. The maximum absolute atomic E-state index is 11.5. The standard InChI is InChI=1S/C12H15ClN2O2/c1-7-4-8(2)11(9(3)5-7)15-12(17)14-10(16)6-13/h4-5H,6H2,1-3H3,(H2,14,15,16,17). The van der Waals surface area contributed by atoms with Gasteiger partial charge in [0.15, 0.2) is 0 Å². The van der Waals surface area contributed by atoms with Gasteiger partial charge in [-0.2, -0.15) is 0 Å². The van der Waals surface area contributed by atoms with E-state index in [9.17, 15) is 9.59 Å². The van der Waals surface area contributed by atoms with Crippen molar-refractivity contribution in [3.63, 3.8) is 0 Å². The molecule has 1 aromatic rings. The summed E-state index contributed by atoms with van der Waals surface area (Å²) in [4.78, 5) is 22.4. The molecule has 0 heterocycles. The molecule has 0 saturated carbocycles. The molecule has 0 atom stereocenters. The van der Waals surface area contributed by atoms with Gasteiger partial charge < -0.3 is 5.32 Å². The second-order valence-electron chi connectivity index (χ2n) is 3.91. The molecular weight excluding hydrogens is 240 g/mol. The van der Waals surface area contributed by atoms with Gasteiger partial charge in [0, 0.05) is 5.69 Å². The van der Waals surface area contributed by atoms with Crippen LogP contribution in [0, 0.1) is 20.8 Å². The predicted molar refractivity (Wildman–Crippen MR) is 68.5 cm³/mol. The first-order valence-corrected chi connectivity index (χ1v) is 5.72. The number of hydrogen-bond donors (Lipinski definition) is 2. The van der Waals surface area contributed by atoms with E-state index >= 15 is 0 Å². The summed E-state index contributed by atoms with van der Waals surface area (Å²) >= 11 is 5.29. The van der Waals surface area contributed by atoms with Crippen LogP contribution in [-0.2, 0) is 4.79 Å². The van der Waals surface area contributed by atoms with Gasteiger partial charge in [0.2, 0.25) is 5.91 Å². The van der Waals surface area contributed by atoms with E-state index in [2.05, 4.69) is 10.6 Å². The van der Waals surface area contributed by atoms with Crippen LogP contribution in [0.4, 0.5) is 10.5 Å². The van der Waals surface area contributed by atoms with Crippen molar-refractivity contribution in [1.29, 1.82) is 0 Å². The molecule has 0 aliphatic heterocycles. The monoisotopic (exact) mass is 254 g/mol. The molecule has 3 amide bonds. The Morgan fingerprint density at radius 1 is 1.18 bits per heavy atom. The Balaban J connectivity index is 2.82. The number of alkyl halides is 1. The van der Waals surface area contributed by atoms with Gasteiger partial charge in [-0.05, 0) is 31.9 Å². The normalized spacial score (nSPS) is 9.88. The van der Waals surface area contributed by atoms with Gasteiger partial charge in [-0.15, -0.1) is 11.6 Å². The van der Waals surface area contributed by atoms with Crippen LogP contribution in [0.15, 0.2) is 12.1 Å². The number of carbonyl (C=O) groups excluding carboxylic acids is 2. The van der Waals surface area contributed by atoms with Crippen LogP contribution in [0.25, 0.3) is 0 Å². The average molecular weight is 255 g/mol. The highest BCUT2D eigenvalue weighted by atomic mass is 35.5. The maximum Gasteiger partial charge on any atom is 0.325 e. The van der Waals surface area contributed by atoms with Crippen molar-refractivity contribution >= 4 is 29.2 Å². The molecular formula is C12H15ClN2O2. The second-order valence-corrected chi connectivity index (χ2v) is 4.18. The third kappa shape index (κ3) is 3.75. The molecule has 1 aromatic carbocycles. The lowest BCUT2D eigenvalue weighted by atomic mass is 10.1. The highest BCUT2D eigenvalue weighted by Gasteiger charge is 2.10. The number of aryl methyl sites for hydroxylation is 3. The minimum Gasteiger partial charge on any atom is -0.307 e. The Morgan fingerprint density at radius 3 is 2.18 bits per heavy atom. The molecule has 5 heteroatoms. The molecule has 2 N–H and O–H groups in total. The molecule has 0 aliphatic carbocycles. The summed E-state index contributed by atoms with van der Waals surface area (Å²) in [5, 5.41) is 4.77. The van der Waals surface area contributed by atoms with Crippen molar-refractivity contribution < 1.29 is 9.59 Å².